The molecule has 1 aliphatic rings. The number of nitrogens with one attached hydrogen (secondary N) is 1. The Morgan fingerprint density at radius 2 is 2.00 bits per heavy atom. The molecule has 0 aliphatic carbocycles. The van der Waals surface area contributed by atoms with Gasteiger partial charge in [-0.25, -0.2) is 8.96 Å². The number of Topliss-reactive ketones (excluding diaryl/α,β-unsaturated/α-hetero) is 1. The Labute approximate surface area is 184 Å². The van der Waals surface area contributed by atoms with Gasteiger partial charge in [0.25, 0.3) is 11.7 Å². The summed E-state index contributed by atoms with van der Waals surface area (Å²) in [5.74, 6) is -1.68. The van der Waals surface area contributed by atoms with Crippen molar-refractivity contribution in [2.75, 3.05) is 13.7 Å². The van der Waals surface area contributed by atoms with Crippen LogP contribution in [0.1, 0.15) is 23.6 Å². The highest BCUT2D eigenvalue weighted by atomic mass is 19.1. The van der Waals surface area contributed by atoms with Crippen molar-refractivity contribution < 1.29 is 28.4 Å². The molecule has 3 aromatic rings. The smallest absolute Gasteiger partial charge is 0.295 e. The number of amides is 1. The van der Waals surface area contributed by atoms with Crippen molar-refractivity contribution >= 4 is 17.4 Å². The lowest BCUT2D eigenvalue weighted by Crippen LogP contribution is -2.36. The van der Waals surface area contributed by atoms with E-state index in [1.807, 2.05) is 10.8 Å². The quantitative estimate of drug-likeness (QED) is 0.258. The van der Waals surface area contributed by atoms with Crippen LogP contribution in [0.2, 0.25) is 0 Å². The Balaban J connectivity index is 1.73. The fraction of sp³-hybridized carbons (Fsp3) is 0.208. The van der Waals surface area contributed by atoms with E-state index < -0.39 is 23.5 Å². The van der Waals surface area contributed by atoms with E-state index in [2.05, 4.69) is 4.98 Å². The Hall–Kier alpha value is -3.94. The molecule has 32 heavy (non-hydrogen) atoms. The van der Waals surface area contributed by atoms with E-state index >= 15 is 0 Å². The van der Waals surface area contributed by atoms with Gasteiger partial charge in [0.15, 0.2) is 0 Å². The molecular formula is C24H23FN3O4+. The van der Waals surface area contributed by atoms with Crippen LogP contribution in [-0.2, 0) is 16.1 Å². The van der Waals surface area contributed by atoms with Gasteiger partial charge in [-0.3, -0.25) is 14.6 Å². The molecule has 164 valence electrons. The summed E-state index contributed by atoms with van der Waals surface area (Å²) >= 11 is 0. The standard InChI is InChI=1S/C24H22FN3O4/c1-32-19-5-2-4-17(14-19)22(29)20-21(16-6-8-18(25)9-7-16)28(24(31)23(20)30)12-3-11-27-13-10-26-15-27/h2,4-10,13-15,21H,3,11-12H2,1H3,(H,29,30)/p+1. The van der Waals surface area contributed by atoms with Crippen LogP contribution in [0, 0.1) is 5.82 Å². The fourth-order valence-corrected chi connectivity index (χ4v) is 3.91. The average Bonchev–Trinajstić information content (AvgIpc) is 3.41. The highest BCUT2D eigenvalue weighted by Gasteiger charge is 2.45. The molecule has 0 radical (unpaired) electrons. The third kappa shape index (κ3) is 4.12. The average molecular weight is 436 g/mol. The van der Waals surface area contributed by atoms with Gasteiger partial charge >= 0.3 is 0 Å². The van der Waals surface area contributed by atoms with Gasteiger partial charge in [-0.05, 0) is 29.8 Å². The molecule has 2 aromatic carbocycles. The number of likely N-dealkylation sites (tertiary alicyclic amines) is 1. The van der Waals surface area contributed by atoms with Crippen LogP contribution in [0.15, 0.2) is 72.8 Å². The van der Waals surface area contributed by atoms with Gasteiger partial charge in [-0.15, -0.1) is 0 Å². The van der Waals surface area contributed by atoms with E-state index in [9.17, 15) is 19.1 Å². The van der Waals surface area contributed by atoms with Crippen molar-refractivity contribution in [3.8, 4) is 5.75 Å². The number of hydrogen-bond acceptors (Lipinski definition) is 4. The minimum Gasteiger partial charge on any atom is -0.507 e. The molecule has 1 saturated heterocycles. The van der Waals surface area contributed by atoms with Crippen molar-refractivity contribution in [3.05, 3.63) is 89.8 Å². The number of methoxy groups -OCH3 is 1. The maximum atomic E-state index is 13.6. The molecule has 0 spiro atoms. The molecule has 1 fully saturated rings. The van der Waals surface area contributed by atoms with Gasteiger partial charge in [0.05, 0.1) is 25.3 Å². The predicted octanol–water partition coefficient (Wildman–Crippen LogP) is 2.96. The fourth-order valence-electron chi connectivity index (χ4n) is 3.91. The van der Waals surface area contributed by atoms with Gasteiger partial charge in [-0.2, -0.15) is 0 Å². The first-order valence-corrected chi connectivity index (χ1v) is 10.2. The summed E-state index contributed by atoms with van der Waals surface area (Å²) in [6, 6.07) is 11.4. The number of carbonyl (C=O) groups excluding carboxylic acids is 2. The van der Waals surface area contributed by atoms with Gasteiger partial charge < -0.3 is 14.7 Å². The van der Waals surface area contributed by atoms with Crippen molar-refractivity contribution in [3.63, 3.8) is 0 Å². The highest BCUT2D eigenvalue weighted by Crippen LogP contribution is 2.39. The van der Waals surface area contributed by atoms with Crippen LogP contribution in [0.5, 0.6) is 5.75 Å². The Bertz CT molecular complexity index is 1160. The molecule has 1 atom stereocenters. The number of rotatable bonds is 7. The van der Waals surface area contributed by atoms with Crippen molar-refractivity contribution in [1.82, 2.24) is 9.88 Å². The van der Waals surface area contributed by atoms with Crippen LogP contribution in [-0.4, -0.2) is 40.3 Å². The zero-order chi connectivity index (χ0) is 22.7. The van der Waals surface area contributed by atoms with Gasteiger partial charge in [-0.1, -0.05) is 24.3 Å². The second kappa shape index (κ2) is 9.05. The van der Waals surface area contributed by atoms with E-state index in [0.29, 0.717) is 36.4 Å². The van der Waals surface area contributed by atoms with Crippen molar-refractivity contribution in [2.45, 2.75) is 19.0 Å². The number of imidazole rings is 1. The summed E-state index contributed by atoms with van der Waals surface area (Å²) in [4.78, 5) is 30.3. The normalized spacial score (nSPS) is 17.7. The summed E-state index contributed by atoms with van der Waals surface area (Å²) < 4.78 is 20.7. The molecule has 1 aromatic heterocycles. The number of nitrogens with zero attached hydrogens (tertiary/aromatic N) is 2. The monoisotopic (exact) mass is 436 g/mol. The van der Waals surface area contributed by atoms with Crippen molar-refractivity contribution in [1.29, 1.82) is 0 Å². The predicted molar refractivity (Wildman–Crippen MR) is 114 cm³/mol. The third-order valence-corrected chi connectivity index (χ3v) is 5.49. The van der Waals surface area contributed by atoms with Gasteiger partial charge in [0.2, 0.25) is 6.33 Å². The van der Waals surface area contributed by atoms with E-state index in [1.54, 1.807) is 36.8 Å². The maximum absolute atomic E-state index is 13.6. The number of aryl methyl sites for hydroxylation is 1. The minimum absolute atomic E-state index is 0.0239. The second-order valence-corrected chi connectivity index (χ2v) is 7.48. The summed E-state index contributed by atoms with van der Waals surface area (Å²) in [6.45, 7) is 0.929. The number of aliphatic hydroxyl groups excluding tert-OH is 1. The zero-order valence-corrected chi connectivity index (χ0v) is 17.5. The third-order valence-electron chi connectivity index (χ3n) is 5.49. The molecule has 1 amide bonds. The number of aliphatic hydroxyl groups is 1. The molecule has 1 aliphatic heterocycles. The van der Waals surface area contributed by atoms with Crippen LogP contribution < -0.4 is 9.30 Å². The summed E-state index contributed by atoms with van der Waals surface area (Å²) in [5.41, 5.74) is 0.880. The van der Waals surface area contributed by atoms with Crippen LogP contribution >= 0.6 is 0 Å². The lowest BCUT2D eigenvalue weighted by atomic mass is 9.95. The molecular weight excluding hydrogens is 413 g/mol. The number of halogens is 1. The Kier molecular flexibility index (Phi) is 6.02. The summed E-state index contributed by atoms with van der Waals surface area (Å²) in [7, 11) is 1.50. The molecule has 0 saturated carbocycles. The molecule has 8 heteroatoms. The number of hydrogen-bond donors (Lipinski definition) is 2. The van der Waals surface area contributed by atoms with Gasteiger partial charge in [0.1, 0.15) is 29.7 Å². The number of aromatic nitrogens is 2. The van der Waals surface area contributed by atoms with Crippen LogP contribution in [0.25, 0.3) is 5.76 Å². The zero-order valence-electron chi connectivity index (χ0n) is 17.5. The first-order valence-electron chi connectivity index (χ1n) is 10.2. The molecule has 1 unspecified atom stereocenters. The van der Waals surface area contributed by atoms with E-state index in [4.69, 9.17) is 4.74 Å². The SMILES string of the molecule is COc1cccc(C(O)=C2C(=O)C(=O)N(CCC[n+]3cc[nH]c3)C2c2ccc(F)cc2)c1. The highest BCUT2D eigenvalue weighted by molar-refractivity contribution is 6.46. The van der Waals surface area contributed by atoms with Gasteiger partial charge in [0, 0.05) is 18.5 Å². The minimum atomic E-state index is -0.821. The molecule has 2 heterocycles. The molecule has 7 nitrogen and oxygen atoms in total. The number of benzene rings is 2. The summed E-state index contributed by atoms with van der Waals surface area (Å²) in [6.07, 6.45) is 6.05. The van der Waals surface area contributed by atoms with E-state index in [-0.39, 0.29) is 11.3 Å². The topological polar surface area (TPSA) is 86.5 Å². The van der Waals surface area contributed by atoms with Crippen molar-refractivity contribution in [2.24, 2.45) is 0 Å². The first-order chi connectivity index (χ1) is 15.5. The first kappa shape index (κ1) is 21.3. The van der Waals surface area contributed by atoms with Crippen LogP contribution in [0.3, 0.4) is 0 Å². The number of H-pyrrole nitrogens is 1. The van der Waals surface area contributed by atoms with Crippen LogP contribution in [0.4, 0.5) is 4.39 Å². The van der Waals surface area contributed by atoms with E-state index in [1.165, 1.54) is 36.3 Å². The number of carbonyl (C=O) groups is 2. The number of aromatic amines is 1. The lowest BCUT2D eigenvalue weighted by Gasteiger charge is -2.25. The summed E-state index contributed by atoms with van der Waals surface area (Å²) in [5, 5.41) is 11.1. The Morgan fingerprint density at radius 3 is 2.69 bits per heavy atom. The largest absolute Gasteiger partial charge is 0.507 e. The lowest BCUT2D eigenvalue weighted by molar-refractivity contribution is -0.695. The molecule has 4 rings (SSSR count). The number of ether oxygens (including phenoxy) is 1. The Morgan fingerprint density at radius 1 is 1.22 bits per heavy atom. The maximum Gasteiger partial charge on any atom is 0.295 e. The molecule has 2 N–H and O–H groups in total. The number of ketones is 1. The second-order valence-electron chi connectivity index (χ2n) is 7.48. The van der Waals surface area contributed by atoms with E-state index in [0.717, 1.165) is 0 Å². The molecule has 0 bridgehead atoms.